The van der Waals surface area contributed by atoms with Crippen molar-refractivity contribution in [1.82, 2.24) is 0 Å². The summed E-state index contributed by atoms with van der Waals surface area (Å²) in [5.74, 6) is 3.23. The lowest BCUT2D eigenvalue weighted by atomic mass is 9.75. The van der Waals surface area contributed by atoms with E-state index in [2.05, 4.69) is 34.6 Å². The molecule has 0 aromatic carbocycles. The molecule has 0 aromatic rings. The fourth-order valence-corrected chi connectivity index (χ4v) is 4.78. The molecule has 1 aliphatic carbocycles. The second-order valence-electron chi connectivity index (χ2n) is 9.78. The molecule has 1 heteroatoms. The van der Waals surface area contributed by atoms with Crippen molar-refractivity contribution in [3.05, 3.63) is 0 Å². The molecule has 4 unspecified atom stereocenters. The predicted molar refractivity (Wildman–Crippen MR) is 107 cm³/mol. The third-order valence-corrected chi connectivity index (χ3v) is 6.82. The van der Waals surface area contributed by atoms with Crippen LogP contribution in [0.15, 0.2) is 0 Å². The summed E-state index contributed by atoms with van der Waals surface area (Å²) in [6, 6.07) is 0. The van der Waals surface area contributed by atoms with Crippen molar-refractivity contribution in [3.8, 4) is 0 Å². The third kappa shape index (κ3) is 8.37. The van der Waals surface area contributed by atoms with Crippen LogP contribution in [0.2, 0.25) is 0 Å². The van der Waals surface area contributed by atoms with Crippen molar-refractivity contribution in [2.75, 3.05) is 6.61 Å². The molecule has 0 aliphatic heterocycles. The first-order chi connectivity index (χ1) is 11.4. The SMILES string of the molecule is CC(C)CCCC(C)CCCC(C)CCCC1(C)CCCC1CO. The molecule has 0 bridgehead atoms. The molecular weight excluding hydrogens is 292 g/mol. The standard InChI is InChI=1S/C23H46O/c1-19(2)10-6-11-20(3)12-7-13-21(4)14-8-16-23(5)17-9-15-22(23)18-24/h19-22,24H,6-18H2,1-5H3. The minimum Gasteiger partial charge on any atom is -0.396 e. The number of rotatable bonds is 13. The summed E-state index contributed by atoms with van der Waals surface area (Å²) in [6.07, 6.45) is 16.5. The van der Waals surface area contributed by atoms with E-state index < -0.39 is 0 Å². The van der Waals surface area contributed by atoms with Crippen molar-refractivity contribution in [3.63, 3.8) is 0 Å². The highest BCUT2D eigenvalue weighted by Crippen LogP contribution is 2.46. The fraction of sp³-hybridized carbons (Fsp3) is 1.00. The van der Waals surface area contributed by atoms with Crippen molar-refractivity contribution >= 4 is 0 Å². The van der Waals surface area contributed by atoms with Crippen molar-refractivity contribution < 1.29 is 5.11 Å². The van der Waals surface area contributed by atoms with Crippen LogP contribution in [0, 0.1) is 29.1 Å². The number of aliphatic hydroxyl groups is 1. The lowest BCUT2D eigenvalue weighted by Crippen LogP contribution is -2.24. The van der Waals surface area contributed by atoms with Gasteiger partial charge in [-0.1, -0.05) is 92.4 Å². The van der Waals surface area contributed by atoms with Gasteiger partial charge in [0, 0.05) is 6.61 Å². The summed E-state index contributed by atoms with van der Waals surface area (Å²) in [5, 5.41) is 9.57. The highest BCUT2D eigenvalue weighted by molar-refractivity contribution is 4.88. The zero-order valence-corrected chi connectivity index (χ0v) is 17.4. The van der Waals surface area contributed by atoms with Gasteiger partial charge >= 0.3 is 0 Å². The zero-order chi connectivity index (χ0) is 18.0. The lowest BCUT2D eigenvalue weighted by Gasteiger charge is -2.31. The number of hydrogen-bond donors (Lipinski definition) is 1. The lowest BCUT2D eigenvalue weighted by molar-refractivity contribution is 0.118. The van der Waals surface area contributed by atoms with Gasteiger partial charge < -0.3 is 5.11 Å². The van der Waals surface area contributed by atoms with Crippen LogP contribution in [-0.2, 0) is 0 Å². The summed E-state index contributed by atoms with van der Waals surface area (Å²) in [4.78, 5) is 0. The van der Waals surface area contributed by atoms with Crippen LogP contribution >= 0.6 is 0 Å². The zero-order valence-electron chi connectivity index (χ0n) is 17.4. The maximum absolute atomic E-state index is 9.57. The Morgan fingerprint density at radius 2 is 1.42 bits per heavy atom. The molecule has 4 atom stereocenters. The normalized spacial score (nSPS) is 26.9. The highest BCUT2D eigenvalue weighted by Gasteiger charge is 2.37. The molecule has 1 saturated carbocycles. The molecule has 1 nitrogen and oxygen atoms in total. The highest BCUT2D eigenvalue weighted by atomic mass is 16.3. The summed E-state index contributed by atoms with van der Waals surface area (Å²) in [6.45, 7) is 12.4. The number of hydrogen-bond acceptors (Lipinski definition) is 1. The van der Waals surface area contributed by atoms with Crippen LogP contribution in [0.4, 0.5) is 0 Å². The van der Waals surface area contributed by atoms with E-state index in [1.807, 2.05) is 0 Å². The average molecular weight is 339 g/mol. The first kappa shape index (κ1) is 22.0. The Morgan fingerprint density at radius 1 is 0.875 bits per heavy atom. The van der Waals surface area contributed by atoms with E-state index in [9.17, 15) is 5.11 Å². The van der Waals surface area contributed by atoms with Gasteiger partial charge in [0.1, 0.15) is 0 Å². The van der Waals surface area contributed by atoms with Gasteiger partial charge in [-0.25, -0.2) is 0 Å². The van der Waals surface area contributed by atoms with Gasteiger partial charge in [0.2, 0.25) is 0 Å². The van der Waals surface area contributed by atoms with E-state index in [0.717, 1.165) is 17.8 Å². The van der Waals surface area contributed by atoms with Crippen LogP contribution in [0.1, 0.15) is 112 Å². The Hall–Kier alpha value is -0.0400. The van der Waals surface area contributed by atoms with Crippen LogP contribution in [0.5, 0.6) is 0 Å². The van der Waals surface area contributed by atoms with Gasteiger partial charge in [0.05, 0.1) is 0 Å². The van der Waals surface area contributed by atoms with Gasteiger partial charge in [-0.3, -0.25) is 0 Å². The molecule has 1 N–H and O–H groups in total. The fourth-order valence-electron chi connectivity index (χ4n) is 4.78. The van der Waals surface area contributed by atoms with Crippen LogP contribution < -0.4 is 0 Å². The molecule has 0 amide bonds. The monoisotopic (exact) mass is 338 g/mol. The third-order valence-electron chi connectivity index (χ3n) is 6.82. The minimum absolute atomic E-state index is 0.404. The Morgan fingerprint density at radius 3 is 1.96 bits per heavy atom. The van der Waals surface area contributed by atoms with E-state index in [4.69, 9.17) is 0 Å². The molecule has 0 heterocycles. The summed E-state index contributed by atoms with van der Waals surface area (Å²) in [7, 11) is 0. The maximum atomic E-state index is 9.57. The molecular formula is C23H46O. The molecule has 0 aromatic heterocycles. The maximum Gasteiger partial charge on any atom is 0.0464 e. The Bertz CT molecular complexity index is 311. The molecule has 1 fully saturated rings. The molecule has 0 saturated heterocycles. The van der Waals surface area contributed by atoms with Gasteiger partial charge in [-0.2, -0.15) is 0 Å². The molecule has 1 rings (SSSR count). The quantitative estimate of drug-likeness (QED) is 0.375. The van der Waals surface area contributed by atoms with Gasteiger partial charge in [-0.15, -0.1) is 0 Å². The van der Waals surface area contributed by atoms with E-state index in [0.29, 0.717) is 17.9 Å². The van der Waals surface area contributed by atoms with Crippen molar-refractivity contribution in [2.24, 2.45) is 29.1 Å². The second-order valence-corrected chi connectivity index (χ2v) is 9.78. The Labute approximate surface area is 153 Å². The largest absolute Gasteiger partial charge is 0.396 e. The average Bonchev–Trinajstić information content (AvgIpc) is 2.87. The van der Waals surface area contributed by atoms with Crippen molar-refractivity contribution in [2.45, 2.75) is 112 Å². The van der Waals surface area contributed by atoms with Gasteiger partial charge in [0.25, 0.3) is 0 Å². The van der Waals surface area contributed by atoms with E-state index in [1.54, 1.807) is 0 Å². The molecule has 24 heavy (non-hydrogen) atoms. The summed E-state index contributed by atoms with van der Waals surface area (Å²) < 4.78 is 0. The topological polar surface area (TPSA) is 20.2 Å². The van der Waals surface area contributed by atoms with Crippen LogP contribution in [-0.4, -0.2) is 11.7 Å². The Kier molecular flexibility index (Phi) is 10.6. The molecule has 0 radical (unpaired) electrons. The number of aliphatic hydroxyl groups excluding tert-OH is 1. The summed E-state index contributed by atoms with van der Waals surface area (Å²) in [5.41, 5.74) is 0.430. The Balaban J connectivity index is 2.06. The first-order valence-electron chi connectivity index (χ1n) is 11.0. The van der Waals surface area contributed by atoms with E-state index in [1.165, 1.54) is 77.0 Å². The smallest absolute Gasteiger partial charge is 0.0464 e. The molecule has 144 valence electrons. The van der Waals surface area contributed by atoms with E-state index >= 15 is 0 Å². The van der Waals surface area contributed by atoms with Gasteiger partial charge in [-0.05, 0) is 48.3 Å². The second kappa shape index (κ2) is 11.6. The van der Waals surface area contributed by atoms with Crippen molar-refractivity contribution in [1.29, 1.82) is 0 Å². The molecule has 0 spiro atoms. The predicted octanol–water partition coefficient (Wildman–Crippen LogP) is 7.22. The van der Waals surface area contributed by atoms with Crippen LogP contribution in [0.25, 0.3) is 0 Å². The summed E-state index contributed by atoms with van der Waals surface area (Å²) >= 11 is 0. The molecule has 1 aliphatic rings. The van der Waals surface area contributed by atoms with E-state index in [-0.39, 0.29) is 0 Å². The van der Waals surface area contributed by atoms with Gasteiger partial charge in [0.15, 0.2) is 0 Å². The van der Waals surface area contributed by atoms with Crippen LogP contribution in [0.3, 0.4) is 0 Å². The first-order valence-corrected chi connectivity index (χ1v) is 11.0. The minimum atomic E-state index is 0.404.